The summed E-state index contributed by atoms with van der Waals surface area (Å²) in [5.41, 5.74) is 9.87. The first-order valence-corrected chi connectivity index (χ1v) is 6.47. The maximum Gasteiger partial charge on any atom is 0.241 e. The minimum atomic E-state index is 0.280. The van der Waals surface area contributed by atoms with Gasteiger partial charge in [-0.2, -0.15) is 5.10 Å². The van der Waals surface area contributed by atoms with Gasteiger partial charge in [-0.1, -0.05) is 26.0 Å². The van der Waals surface area contributed by atoms with Crippen LogP contribution in [0.25, 0.3) is 0 Å². The number of rotatable bonds is 3. The minimum Gasteiger partial charge on any atom is -0.437 e. The van der Waals surface area contributed by atoms with Gasteiger partial charge in [0.2, 0.25) is 5.88 Å². The predicted octanol–water partition coefficient (Wildman–Crippen LogP) is 3.53. The Bertz CT molecular complexity index is 600. The Morgan fingerprint density at radius 1 is 1.26 bits per heavy atom. The van der Waals surface area contributed by atoms with Crippen LogP contribution in [0, 0.1) is 13.8 Å². The Labute approximate surface area is 114 Å². The molecule has 0 saturated carbocycles. The van der Waals surface area contributed by atoms with Crippen LogP contribution < -0.4 is 10.5 Å². The molecule has 1 aromatic carbocycles. The molecule has 0 amide bonds. The quantitative estimate of drug-likeness (QED) is 0.917. The lowest BCUT2D eigenvalue weighted by Crippen LogP contribution is -1.98. The number of nitrogen functional groups attached to an aromatic ring is 1. The van der Waals surface area contributed by atoms with Gasteiger partial charge in [0, 0.05) is 7.05 Å². The average molecular weight is 259 g/mol. The van der Waals surface area contributed by atoms with Gasteiger partial charge in [0.15, 0.2) is 0 Å². The van der Waals surface area contributed by atoms with E-state index >= 15 is 0 Å². The van der Waals surface area contributed by atoms with Crippen molar-refractivity contribution in [2.24, 2.45) is 7.05 Å². The normalized spacial score (nSPS) is 11.1. The smallest absolute Gasteiger partial charge is 0.241 e. The summed E-state index contributed by atoms with van der Waals surface area (Å²) in [4.78, 5) is 0. The van der Waals surface area contributed by atoms with Crippen molar-refractivity contribution >= 4 is 5.69 Å². The molecule has 0 fully saturated rings. The Morgan fingerprint density at radius 2 is 1.95 bits per heavy atom. The molecule has 0 radical (unpaired) electrons. The molecular formula is C15H21N3O. The van der Waals surface area contributed by atoms with Crippen LogP contribution in [0.3, 0.4) is 0 Å². The maximum absolute atomic E-state index is 6.13. The van der Waals surface area contributed by atoms with Crippen LogP contribution in [0.1, 0.15) is 36.6 Å². The van der Waals surface area contributed by atoms with Gasteiger partial charge in [-0.15, -0.1) is 0 Å². The van der Waals surface area contributed by atoms with Gasteiger partial charge >= 0.3 is 0 Å². The first-order valence-electron chi connectivity index (χ1n) is 6.47. The Hall–Kier alpha value is -1.97. The molecule has 4 heteroatoms. The lowest BCUT2D eigenvalue weighted by atomic mass is 10.1. The first kappa shape index (κ1) is 13.5. The molecule has 1 aromatic heterocycles. The monoisotopic (exact) mass is 259 g/mol. The lowest BCUT2D eigenvalue weighted by molar-refractivity contribution is 0.429. The number of benzene rings is 1. The van der Waals surface area contributed by atoms with Crippen LogP contribution in [0.4, 0.5) is 5.69 Å². The number of aromatic nitrogens is 2. The summed E-state index contributed by atoms with van der Waals surface area (Å²) in [7, 11) is 1.85. The van der Waals surface area contributed by atoms with E-state index in [0.29, 0.717) is 11.6 Å². The van der Waals surface area contributed by atoms with E-state index in [4.69, 9.17) is 10.5 Å². The summed E-state index contributed by atoms with van der Waals surface area (Å²) in [6, 6.07) is 6.12. The minimum absolute atomic E-state index is 0.280. The fourth-order valence-electron chi connectivity index (χ4n) is 2.01. The van der Waals surface area contributed by atoms with E-state index in [2.05, 4.69) is 25.0 Å². The summed E-state index contributed by atoms with van der Waals surface area (Å²) >= 11 is 0. The lowest BCUT2D eigenvalue weighted by Gasteiger charge is -2.10. The summed E-state index contributed by atoms with van der Waals surface area (Å²) in [6.45, 7) is 8.20. The second-order valence-electron chi connectivity index (χ2n) is 5.25. The number of nitrogens with two attached hydrogens (primary N) is 1. The fourth-order valence-corrected chi connectivity index (χ4v) is 2.01. The molecule has 0 saturated heterocycles. The third-order valence-electron chi connectivity index (χ3n) is 3.16. The molecule has 0 aliphatic carbocycles. The van der Waals surface area contributed by atoms with E-state index in [9.17, 15) is 0 Å². The van der Waals surface area contributed by atoms with Crippen molar-refractivity contribution in [3.63, 3.8) is 0 Å². The predicted molar refractivity (Wildman–Crippen MR) is 77.7 cm³/mol. The van der Waals surface area contributed by atoms with Crippen LogP contribution in [-0.4, -0.2) is 9.78 Å². The topological polar surface area (TPSA) is 53.1 Å². The van der Waals surface area contributed by atoms with E-state index in [1.54, 1.807) is 4.68 Å². The van der Waals surface area contributed by atoms with E-state index in [1.165, 1.54) is 0 Å². The second-order valence-corrected chi connectivity index (χ2v) is 5.25. The zero-order chi connectivity index (χ0) is 14.2. The highest BCUT2D eigenvalue weighted by atomic mass is 16.5. The van der Waals surface area contributed by atoms with Crippen molar-refractivity contribution in [2.75, 3.05) is 5.73 Å². The number of aryl methyl sites for hydroxylation is 3. The van der Waals surface area contributed by atoms with Crippen molar-refractivity contribution in [3.8, 4) is 11.6 Å². The number of hydrogen-bond acceptors (Lipinski definition) is 3. The summed E-state index contributed by atoms with van der Waals surface area (Å²) in [5, 5.41) is 4.42. The SMILES string of the molecule is Cc1ccc(C)c(Oc2c(N)c(C(C)C)nn2C)c1. The van der Waals surface area contributed by atoms with Gasteiger partial charge in [-0.05, 0) is 37.0 Å². The van der Waals surface area contributed by atoms with Crippen LogP contribution in [-0.2, 0) is 7.05 Å². The Morgan fingerprint density at radius 3 is 2.53 bits per heavy atom. The molecule has 0 unspecified atom stereocenters. The molecule has 2 rings (SSSR count). The van der Waals surface area contributed by atoms with Gasteiger partial charge in [-0.3, -0.25) is 0 Å². The maximum atomic E-state index is 6.13. The van der Waals surface area contributed by atoms with Crippen molar-refractivity contribution in [3.05, 3.63) is 35.0 Å². The number of ether oxygens (including phenoxy) is 1. The molecule has 1 heterocycles. The molecule has 0 aliphatic rings. The molecule has 102 valence electrons. The molecule has 0 bridgehead atoms. The first-order chi connectivity index (χ1) is 8.90. The van der Waals surface area contributed by atoms with Crippen LogP contribution in [0.2, 0.25) is 0 Å². The summed E-state index contributed by atoms with van der Waals surface area (Å²) < 4.78 is 7.66. The van der Waals surface area contributed by atoms with E-state index in [-0.39, 0.29) is 5.92 Å². The highest BCUT2D eigenvalue weighted by Crippen LogP contribution is 2.34. The van der Waals surface area contributed by atoms with E-state index in [1.807, 2.05) is 33.0 Å². The van der Waals surface area contributed by atoms with Gasteiger partial charge in [0.25, 0.3) is 0 Å². The zero-order valence-electron chi connectivity index (χ0n) is 12.2. The molecule has 2 aromatic rings. The fraction of sp³-hybridized carbons (Fsp3) is 0.400. The highest BCUT2D eigenvalue weighted by Gasteiger charge is 2.18. The van der Waals surface area contributed by atoms with Crippen molar-refractivity contribution in [2.45, 2.75) is 33.6 Å². The van der Waals surface area contributed by atoms with Crippen molar-refractivity contribution < 1.29 is 4.74 Å². The van der Waals surface area contributed by atoms with Crippen molar-refractivity contribution in [1.82, 2.24) is 9.78 Å². The summed E-state index contributed by atoms with van der Waals surface area (Å²) in [5.74, 6) is 1.71. The Balaban J connectivity index is 2.41. The molecule has 4 nitrogen and oxygen atoms in total. The van der Waals surface area contributed by atoms with Gasteiger partial charge in [-0.25, -0.2) is 4.68 Å². The molecule has 0 atom stereocenters. The van der Waals surface area contributed by atoms with Gasteiger partial charge in [0.05, 0.1) is 5.69 Å². The zero-order valence-corrected chi connectivity index (χ0v) is 12.2. The number of nitrogens with zero attached hydrogens (tertiary/aromatic N) is 2. The van der Waals surface area contributed by atoms with E-state index < -0.39 is 0 Å². The number of hydrogen-bond donors (Lipinski definition) is 1. The van der Waals surface area contributed by atoms with Gasteiger partial charge < -0.3 is 10.5 Å². The third kappa shape index (κ3) is 2.57. The third-order valence-corrected chi connectivity index (χ3v) is 3.16. The largest absolute Gasteiger partial charge is 0.437 e. The molecule has 2 N–H and O–H groups in total. The summed E-state index contributed by atoms with van der Waals surface area (Å²) in [6.07, 6.45) is 0. The van der Waals surface area contributed by atoms with Crippen LogP contribution in [0.5, 0.6) is 11.6 Å². The Kier molecular flexibility index (Phi) is 3.51. The standard InChI is InChI=1S/C15H21N3O/c1-9(2)14-13(16)15(18(5)17-14)19-12-8-10(3)6-7-11(12)4/h6-9H,16H2,1-5H3. The van der Waals surface area contributed by atoms with Crippen molar-refractivity contribution in [1.29, 1.82) is 0 Å². The van der Waals surface area contributed by atoms with Crippen LogP contribution >= 0.6 is 0 Å². The van der Waals surface area contributed by atoms with Crippen LogP contribution in [0.15, 0.2) is 18.2 Å². The van der Waals surface area contributed by atoms with E-state index in [0.717, 1.165) is 22.6 Å². The molecule has 0 spiro atoms. The molecule has 19 heavy (non-hydrogen) atoms. The average Bonchev–Trinajstić information content (AvgIpc) is 2.62. The number of anilines is 1. The second kappa shape index (κ2) is 4.96. The molecular weight excluding hydrogens is 238 g/mol. The molecule has 0 aliphatic heterocycles. The van der Waals surface area contributed by atoms with Gasteiger partial charge in [0.1, 0.15) is 11.4 Å². The highest BCUT2D eigenvalue weighted by molar-refractivity contribution is 5.56.